The normalized spacial score (nSPS) is 30.5. The number of carbonyl (C=O) groups excluding carboxylic acids is 2. The first-order chi connectivity index (χ1) is 11.1. The molecule has 3 rings (SSSR count). The minimum atomic E-state index is -0.651. The number of rotatable bonds is 2. The van der Waals surface area contributed by atoms with Gasteiger partial charge in [-0.2, -0.15) is 0 Å². The number of Topliss-reactive ketones (excluding diaryl/α,β-unsaturated/α-hetero) is 2. The zero-order valence-corrected chi connectivity index (χ0v) is 14.4. The van der Waals surface area contributed by atoms with Gasteiger partial charge in [0.05, 0.1) is 0 Å². The van der Waals surface area contributed by atoms with Crippen molar-refractivity contribution in [3.8, 4) is 11.8 Å². The lowest BCUT2D eigenvalue weighted by Gasteiger charge is -2.29. The standard InChI is InChI=1S/C20H21ClO2/c1-3-5-12-6-9-16(21)17(13(4-2)10-12)18-19(22)14-7-8-15(11-14)20(18)23/h6,10,14-15,18H,4,7-9,11H2,1-2H3. The highest BCUT2D eigenvalue weighted by Gasteiger charge is 2.49. The largest absolute Gasteiger partial charge is 0.298 e. The minimum Gasteiger partial charge on any atom is -0.298 e. The quantitative estimate of drug-likeness (QED) is 0.557. The number of hydrogen-bond acceptors (Lipinski definition) is 2. The number of ketones is 2. The lowest BCUT2D eigenvalue weighted by Crippen LogP contribution is -2.38. The Morgan fingerprint density at radius 2 is 1.87 bits per heavy atom. The molecule has 0 aromatic heterocycles. The van der Waals surface area contributed by atoms with Crippen molar-refractivity contribution in [2.45, 2.75) is 46.0 Å². The molecule has 120 valence electrons. The van der Waals surface area contributed by atoms with Gasteiger partial charge in [-0.1, -0.05) is 30.5 Å². The number of halogens is 1. The summed E-state index contributed by atoms with van der Waals surface area (Å²) in [6.45, 7) is 3.83. The fraction of sp³-hybridized carbons (Fsp3) is 0.500. The molecule has 0 amide bonds. The van der Waals surface area contributed by atoms with Gasteiger partial charge in [0.15, 0.2) is 11.6 Å². The molecule has 0 aromatic carbocycles. The van der Waals surface area contributed by atoms with Crippen LogP contribution in [0.3, 0.4) is 0 Å². The second-order valence-corrected chi connectivity index (χ2v) is 6.98. The predicted molar refractivity (Wildman–Crippen MR) is 91.7 cm³/mol. The molecule has 2 saturated carbocycles. The Balaban J connectivity index is 2.06. The molecular formula is C20H21ClO2. The molecule has 0 aliphatic heterocycles. The summed E-state index contributed by atoms with van der Waals surface area (Å²) in [6, 6.07) is 0. The second-order valence-electron chi connectivity index (χ2n) is 6.52. The van der Waals surface area contributed by atoms with Gasteiger partial charge in [-0.25, -0.2) is 0 Å². The van der Waals surface area contributed by atoms with E-state index in [1.807, 2.05) is 19.1 Å². The monoisotopic (exact) mass is 328 g/mol. The first kappa shape index (κ1) is 16.3. The van der Waals surface area contributed by atoms with E-state index in [-0.39, 0.29) is 23.4 Å². The van der Waals surface area contributed by atoms with E-state index in [1.54, 1.807) is 6.92 Å². The zero-order chi connectivity index (χ0) is 16.6. The van der Waals surface area contributed by atoms with Crippen molar-refractivity contribution in [1.29, 1.82) is 0 Å². The molecule has 0 saturated heterocycles. The van der Waals surface area contributed by atoms with Crippen LogP contribution in [0, 0.1) is 29.6 Å². The Hall–Kier alpha value is -1.59. The highest BCUT2D eigenvalue weighted by atomic mass is 35.5. The van der Waals surface area contributed by atoms with E-state index in [0.717, 1.165) is 42.4 Å². The summed E-state index contributed by atoms with van der Waals surface area (Å²) in [6.07, 6.45) is 7.70. The van der Waals surface area contributed by atoms with Gasteiger partial charge in [-0.05, 0) is 49.8 Å². The van der Waals surface area contributed by atoms with Crippen LogP contribution in [0.25, 0.3) is 0 Å². The van der Waals surface area contributed by atoms with Gasteiger partial charge in [0.25, 0.3) is 0 Å². The molecule has 0 spiro atoms. The summed E-state index contributed by atoms with van der Waals surface area (Å²) in [4.78, 5) is 25.7. The van der Waals surface area contributed by atoms with Crippen molar-refractivity contribution in [2.75, 3.05) is 0 Å². The van der Waals surface area contributed by atoms with Crippen molar-refractivity contribution < 1.29 is 9.59 Å². The molecular weight excluding hydrogens is 308 g/mol. The molecule has 2 fully saturated rings. The topological polar surface area (TPSA) is 34.1 Å². The van der Waals surface area contributed by atoms with Crippen molar-refractivity contribution >= 4 is 23.2 Å². The molecule has 2 unspecified atom stereocenters. The molecule has 3 heteroatoms. The van der Waals surface area contributed by atoms with Crippen molar-refractivity contribution in [3.63, 3.8) is 0 Å². The van der Waals surface area contributed by atoms with E-state index in [4.69, 9.17) is 11.6 Å². The van der Waals surface area contributed by atoms with Gasteiger partial charge in [0.1, 0.15) is 5.92 Å². The number of hydrogen-bond donors (Lipinski definition) is 0. The first-order valence-electron chi connectivity index (χ1n) is 8.36. The minimum absolute atomic E-state index is 0.0453. The molecule has 2 nitrogen and oxygen atoms in total. The van der Waals surface area contributed by atoms with Crippen molar-refractivity contribution in [2.24, 2.45) is 17.8 Å². The summed E-state index contributed by atoms with van der Waals surface area (Å²) in [7, 11) is 0. The number of carbonyl (C=O) groups is 2. The van der Waals surface area contributed by atoms with Crippen LogP contribution >= 0.6 is 11.6 Å². The second kappa shape index (κ2) is 6.49. The van der Waals surface area contributed by atoms with Crippen LogP contribution in [0.1, 0.15) is 46.0 Å². The Kier molecular flexibility index (Phi) is 4.60. The van der Waals surface area contributed by atoms with E-state index < -0.39 is 5.92 Å². The fourth-order valence-electron chi connectivity index (χ4n) is 4.07. The van der Waals surface area contributed by atoms with Gasteiger partial charge >= 0.3 is 0 Å². The van der Waals surface area contributed by atoms with Crippen LogP contribution in [-0.2, 0) is 9.59 Å². The fourth-order valence-corrected chi connectivity index (χ4v) is 4.38. The summed E-state index contributed by atoms with van der Waals surface area (Å²) >= 11 is 6.55. The van der Waals surface area contributed by atoms with Crippen LogP contribution in [0.15, 0.2) is 33.9 Å². The van der Waals surface area contributed by atoms with Crippen LogP contribution < -0.4 is 0 Å². The number of allylic oxidation sites excluding steroid dienone is 6. The summed E-state index contributed by atoms with van der Waals surface area (Å²) in [5, 5.41) is 0.624. The first-order valence-corrected chi connectivity index (χ1v) is 8.74. The molecule has 3 aliphatic carbocycles. The maximum Gasteiger partial charge on any atom is 0.150 e. The molecule has 3 aliphatic rings. The molecule has 2 atom stereocenters. The lowest BCUT2D eigenvalue weighted by molar-refractivity contribution is -0.137. The molecule has 0 aromatic rings. The van der Waals surface area contributed by atoms with Gasteiger partial charge in [-0.15, -0.1) is 5.92 Å². The van der Waals surface area contributed by atoms with Crippen molar-refractivity contribution in [1.82, 2.24) is 0 Å². The maximum atomic E-state index is 12.8. The molecule has 0 N–H and O–H groups in total. The summed E-state index contributed by atoms with van der Waals surface area (Å²) < 4.78 is 0. The summed E-state index contributed by atoms with van der Waals surface area (Å²) in [5.41, 5.74) is 2.66. The third-order valence-electron chi connectivity index (χ3n) is 5.21. The highest BCUT2D eigenvalue weighted by molar-refractivity contribution is 6.31. The zero-order valence-electron chi connectivity index (χ0n) is 13.6. The lowest BCUT2D eigenvalue weighted by atomic mass is 9.73. The van der Waals surface area contributed by atoms with Crippen LogP contribution in [0.2, 0.25) is 0 Å². The van der Waals surface area contributed by atoms with E-state index >= 15 is 0 Å². The SMILES string of the molecule is CC#CC1=CCC(Cl)=C(C2C(=O)C3CCC(C3)C2=O)C(CC)=C1. The smallest absolute Gasteiger partial charge is 0.150 e. The molecule has 2 bridgehead atoms. The Labute approximate surface area is 142 Å². The van der Waals surface area contributed by atoms with Gasteiger partial charge < -0.3 is 0 Å². The molecule has 0 heterocycles. The average molecular weight is 329 g/mol. The third-order valence-corrected chi connectivity index (χ3v) is 5.57. The van der Waals surface area contributed by atoms with E-state index in [0.29, 0.717) is 11.5 Å². The van der Waals surface area contributed by atoms with E-state index in [1.165, 1.54) is 0 Å². The Bertz CT molecular complexity index is 690. The third kappa shape index (κ3) is 2.83. The number of fused-ring (bicyclic) bond motifs is 2. The van der Waals surface area contributed by atoms with Crippen molar-refractivity contribution in [3.05, 3.63) is 33.9 Å². The Morgan fingerprint density at radius 3 is 2.43 bits per heavy atom. The van der Waals surface area contributed by atoms with Gasteiger partial charge in [-0.3, -0.25) is 9.59 Å². The molecule has 0 radical (unpaired) electrons. The van der Waals surface area contributed by atoms with Gasteiger partial charge in [0.2, 0.25) is 0 Å². The van der Waals surface area contributed by atoms with Crippen LogP contribution in [0.5, 0.6) is 0 Å². The average Bonchev–Trinajstić information content (AvgIpc) is 2.93. The van der Waals surface area contributed by atoms with E-state index in [2.05, 4.69) is 11.8 Å². The summed E-state index contributed by atoms with van der Waals surface area (Å²) in [5.74, 6) is 5.58. The predicted octanol–water partition coefficient (Wildman–Crippen LogP) is 4.35. The van der Waals surface area contributed by atoms with Crippen LogP contribution in [0.4, 0.5) is 0 Å². The highest BCUT2D eigenvalue weighted by Crippen LogP contribution is 2.46. The van der Waals surface area contributed by atoms with Crippen LogP contribution in [-0.4, -0.2) is 11.6 Å². The van der Waals surface area contributed by atoms with E-state index in [9.17, 15) is 9.59 Å². The maximum absolute atomic E-state index is 12.8. The van der Waals surface area contributed by atoms with Gasteiger partial charge in [0, 0.05) is 28.9 Å². The Morgan fingerprint density at radius 1 is 1.22 bits per heavy atom. The molecule has 23 heavy (non-hydrogen) atoms.